The van der Waals surface area contributed by atoms with Crippen LogP contribution in [0, 0.1) is 17.1 Å². The first-order valence-corrected chi connectivity index (χ1v) is 4.29. The summed E-state index contributed by atoms with van der Waals surface area (Å²) in [5.74, 6) is -0.801. The number of nitrogens with zero attached hydrogens (tertiary/aromatic N) is 1. The Morgan fingerprint density at radius 3 is 2.80 bits per heavy atom. The average Bonchev–Trinajstić information content (AvgIpc) is 2.26. The molecule has 1 unspecified atom stereocenters. The van der Waals surface area contributed by atoms with Crippen LogP contribution < -0.4 is 10.5 Å². The zero-order valence-corrected chi connectivity index (χ0v) is 8.20. The molecule has 0 aliphatic rings. The van der Waals surface area contributed by atoms with Gasteiger partial charge in [-0.25, -0.2) is 4.39 Å². The molecule has 0 amide bonds. The summed E-state index contributed by atoms with van der Waals surface area (Å²) in [6.45, 7) is -0.0311. The molecule has 0 aliphatic heterocycles. The van der Waals surface area contributed by atoms with Crippen LogP contribution in [0.2, 0.25) is 0 Å². The predicted molar refractivity (Wildman–Crippen MR) is 51.7 cm³/mol. The summed E-state index contributed by atoms with van der Waals surface area (Å²) >= 11 is 0. The van der Waals surface area contributed by atoms with Crippen molar-refractivity contribution < 1.29 is 14.2 Å². The number of nitrogens with two attached hydrogens (primary N) is 1. The Morgan fingerprint density at radius 2 is 2.33 bits per heavy atom. The minimum absolute atomic E-state index is 0.0311. The van der Waals surface area contributed by atoms with Crippen molar-refractivity contribution in [1.82, 2.24) is 0 Å². The zero-order chi connectivity index (χ0) is 11.4. The normalized spacial score (nSPS) is 11.9. The second-order valence-corrected chi connectivity index (χ2v) is 2.95. The van der Waals surface area contributed by atoms with Gasteiger partial charge in [-0.2, -0.15) is 5.26 Å². The van der Waals surface area contributed by atoms with Crippen LogP contribution in [-0.4, -0.2) is 18.8 Å². The van der Waals surface area contributed by atoms with Crippen LogP contribution in [0.5, 0.6) is 5.75 Å². The minimum atomic E-state index is -0.975. The molecule has 0 heterocycles. The third-order valence-corrected chi connectivity index (χ3v) is 2.00. The van der Waals surface area contributed by atoms with Gasteiger partial charge < -0.3 is 15.6 Å². The number of ether oxygens (including phenoxy) is 1. The molecule has 0 aromatic heterocycles. The molecule has 15 heavy (non-hydrogen) atoms. The minimum Gasteiger partial charge on any atom is -0.492 e. The molecule has 4 nitrogen and oxygen atoms in total. The number of halogens is 1. The van der Waals surface area contributed by atoms with Crippen LogP contribution in [-0.2, 0) is 0 Å². The molecule has 1 atom stereocenters. The van der Waals surface area contributed by atoms with E-state index in [1.165, 1.54) is 13.2 Å². The summed E-state index contributed by atoms with van der Waals surface area (Å²) in [5.41, 5.74) is 5.54. The lowest BCUT2D eigenvalue weighted by Crippen LogP contribution is -2.12. The van der Waals surface area contributed by atoms with Gasteiger partial charge in [0.15, 0.2) is 11.6 Å². The van der Waals surface area contributed by atoms with Crippen molar-refractivity contribution in [2.45, 2.75) is 6.10 Å². The van der Waals surface area contributed by atoms with Gasteiger partial charge in [-0.1, -0.05) is 0 Å². The quantitative estimate of drug-likeness (QED) is 0.769. The smallest absolute Gasteiger partial charge is 0.172 e. The maximum absolute atomic E-state index is 13.4. The molecule has 0 spiro atoms. The highest BCUT2D eigenvalue weighted by Gasteiger charge is 2.14. The number of aliphatic hydroxyl groups excluding tert-OH is 1. The standard InChI is InChI=1S/C10H11FN2O2/c1-15-10-7(4-12)2-6(3-8(10)11)9(14)5-13/h2-3,9,14H,5,13H2,1H3. The van der Waals surface area contributed by atoms with Crippen molar-refractivity contribution in [3.8, 4) is 11.8 Å². The lowest BCUT2D eigenvalue weighted by molar-refractivity contribution is 0.186. The largest absolute Gasteiger partial charge is 0.492 e. The number of nitriles is 1. The third kappa shape index (κ3) is 2.24. The van der Waals surface area contributed by atoms with Gasteiger partial charge in [0, 0.05) is 6.54 Å². The molecule has 0 saturated carbocycles. The monoisotopic (exact) mass is 210 g/mol. The van der Waals surface area contributed by atoms with E-state index in [0.29, 0.717) is 0 Å². The van der Waals surface area contributed by atoms with E-state index in [-0.39, 0.29) is 23.4 Å². The van der Waals surface area contributed by atoms with E-state index in [1.54, 1.807) is 6.07 Å². The fourth-order valence-electron chi connectivity index (χ4n) is 1.23. The van der Waals surface area contributed by atoms with Gasteiger partial charge >= 0.3 is 0 Å². The van der Waals surface area contributed by atoms with Crippen molar-refractivity contribution in [1.29, 1.82) is 5.26 Å². The Hall–Kier alpha value is -1.64. The molecule has 80 valence electrons. The van der Waals surface area contributed by atoms with Crippen LogP contribution in [0.1, 0.15) is 17.2 Å². The van der Waals surface area contributed by atoms with Crippen molar-refractivity contribution in [2.24, 2.45) is 5.73 Å². The number of benzene rings is 1. The van der Waals surface area contributed by atoms with E-state index in [4.69, 9.17) is 15.7 Å². The van der Waals surface area contributed by atoms with Crippen LogP contribution in [0.3, 0.4) is 0 Å². The van der Waals surface area contributed by atoms with Crippen LogP contribution in [0.4, 0.5) is 4.39 Å². The molecule has 1 rings (SSSR count). The fraction of sp³-hybridized carbons (Fsp3) is 0.300. The molecule has 0 saturated heterocycles. The Morgan fingerprint density at radius 1 is 1.67 bits per heavy atom. The highest BCUT2D eigenvalue weighted by Crippen LogP contribution is 2.26. The molecule has 1 aromatic carbocycles. The molecule has 0 fully saturated rings. The molecule has 1 aromatic rings. The van der Waals surface area contributed by atoms with Gasteiger partial charge in [0.25, 0.3) is 0 Å². The molecule has 5 heteroatoms. The van der Waals surface area contributed by atoms with Gasteiger partial charge in [-0.05, 0) is 17.7 Å². The van der Waals surface area contributed by atoms with Crippen molar-refractivity contribution in [3.05, 3.63) is 29.1 Å². The summed E-state index contributed by atoms with van der Waals surface area (Å²) in [5, 5.41) is 18.1. The van der Waals surface area contributed by atoms with Crippen LogP contribution in [0.15, 0.2) is 12.1 Å². The van der Waals surface area contributed by atoms with Crippen molar-refractivity contribution >= 4 is 0 Å². The summed E-state index contributed by atoms with van der Waals surface area (Å²) in [4.78, 5) is 0. The number of hydrogen-bond acceptors (Lipinski definition) is 4. The Labute approximate surface area is 86.7 Å². The van der Waals surface area contributed by atoms with E-state index in [1.807, 2.05) is 0 Å². The second kappa shape index (κ2) is 4.73. The maximum atomic E-state index is 13.4. The van der Waals surface area contributed by atoms with Gasteiger partial charge in [-0.3, -0.25) is 0 Å². The Bertz CT molecular complexity index is 401. The number of aliphatic hydroxyl groups is 1. The van der Waals surface area contributed by atoms with Gasteiger partial charge in [0.05, 0.1) is 18.8 Å². The molecule has 0 aliphatic carbocycles. The highest BCUT2D eigenvalue weighted by molar-refractivity contribution is 5.47. The molecule has 0 bridgehead atoms. The highest BCUT2D eigenvalue weighted by atomic mass is 19.1. The van der Waals surface area contributed by atoms with Crippen molar-refractivity contribution in [2.75, 3.05) is 13.7 Å². The molecular weight excluding hydrogens is 199 g/mol. The molecule has 0 radical (unpaired) electrons. The fourth-order valence-corrected chi connectivity index (χ4v) is 1.23. The van der Waals surface area contributed by atoms with E-state index < -0.39 is 11.9 Å². The molecule has 3 N–H and O–H groups in total. The number of rotatable bonds is 3. The van der Waals surface area contributed by atoms with E-state index in [0.717, 1.165) is 6.07 Å². The van der Waals surface area contributed by atoms with Gasteiger partial charge in [0.1, 0.15) is 6.07 Å². The Kier molecular flexibility index (Phi) is 3.61. The van der Waals surface area contributed by atoms with Gasteiger partial charge in [-0.15, -0.1) is 0 Å². The van der Waals surface area contributed by atoms with Crippen molar-refractivity contribution in [3.63, 3.8) is 0 Å². The second-order valence-electron chi connectivity index (χ2n) is 2.95. The predicted octanol–water partition coefficient (Wildman–Crippen LogP) is 0.698. The van der Waals surface area contributed by atoms with Crippen LogP contribution >= 0.6 is 0 Å². The van der Waals surface area contributed by atoms with Crippen LogP contribution in [0.25, 0.3) is 0 Å². The lowest BCUT2D eigenvalue weighted by Gasteiger charge is -2.11. The summed E-state index contributed by atoms with van der Waals surface area (Å²) < 4.78 is 18.1. The van der Waals surface area contributed by atoms with Gasteiger partial charge in [0.2, 0.25) is 0 Å². The number of hydrogen-bond donors (Lipinski definition) is 2. The van der Waals surface area contributed by atoms with E-state index in [2.05, 4.69) is 0 Å². The topological polar surface area (TPSA) is 79.3 Å². The Balaban J connectivity index is 3.27. The maximum Gasteiger partial charge on any atom is 0.172 e. The summed E-state index contributed by atoms with van der Waals surface area (Å²) in [6, 6.07) is 4.26. The van der Waals surface area contributed by atoms with E-state index in [9.17, 15) is 9.50 Å². The third-order valence-electron chi connectivity index (χ3n) is 2.00. The summed E-state index contributed by atoms with van der Waals surface area (Å²) in [6.07, 6.45) is -0.975. The lowest BCUT2D eigenvalue weighted by atomic mass is 10.1. The SMILES string of the molecule is COc1c(F)cc(C(O)CN)cc1C#N. The molecular formula is C10H11FN2O2. The average molecular weight is 210 g/mol. The first kappa shape index (κ1) is 11.4. The first-order valence-electron chi connectivity index (χ1n) is 4.29. The zero-order valence-electron chi connectivity index (χ0n) is 8.20. The van der Waals surface area contributed by atoms with E-state index >= 15 is 0 Å². The summed E-state index contributed by atoms with van der Waals surface area (Å²) in [7, 11) is 1.28. The first-order chi connectivity index (χ1) is 7.13. The number of methoxy groups -OCH3 is 1.